The topological polar surface area (TPSA) is 87.0 Å². The summed E-state index contributed by atoms with van der Waals surface area (Å²) < 4.78 is 5.08. The van der Waals surface area contributed by atoms with E-state index in [1.54, 1.807) is 6.92 Å². The van der Waals surface area contributed by atoms with Crippen molar-refractivity contribution in [2.75, 3.05) is 0 Å². The third-order valence-corrected chi connectivity index (χ3v) is 3.92. The highest BCUT2D eigenvalue weighted by molar-refractivity contribution is 5.82. The first-order valence-corrected chi connectivity index (χ1v) is 7.93. The molecule has 1 aliphatic rings. The Hall–Kier alpha value is -0.910. The quantitative estimate of drug-likeness (QED) is 0.593. The first kappa shape index (κ1) is 18.1. The number of ether oxygens (including phenoxy) is 1. The van der Waals surface area contributed by atoms with Gasteiger partial charge in [0.2, 0.25) is 0 Å². The summed E-state index contributed by atoms with van der Waals surface area (Å²) >= 11 is 0. The zero-order valence-electron chi connectivity index (χ0n) is 12.8. The van der Waals surface area contributed by atoms with Crippen LogP contribution in [0.1, 0.15) is 58.3 Å². The zero-order chi connectivity index (χ0) is 15.7. The maximum atomic E-state index is 11.6. The number of rotatable bonds is 0. The molecule has 0 aromatic rings. The fourth-order valence-electron chi connectivity index (χ4n) is 2.43. The van der Waals surface area contributed by atoms with Crippen LogP contribution in [-0.4, -0.2) is 45.7 Å². The van der Waals surface area contributed by atoms with E-state index in [0.29, 0.717) is 12.8 Å². The summed E-state index contributed by atoms with van der Waals surface area (Å²) in [5.74, 6) is -0.611. The van der Waals surface area contributed by atoms with Gasteiger partial charge in [-0.15, -0.1) is 0 Å². The number of carbonyl (C=O) groups excluding carboxylic acids is 1. The lowest BCUT2D eigenvalue weighted by molar-refractivity contribution is -0.147. The van der Waals surface area contributed by atoms with Crippen LogP contribution in [0.5, 0.6) is 0 Å². The molecule has 1 rings (SSSR count). The van der Waals surface area contributed by atoms with E-state index in [4.69, 9.17) is 4.74 Å². The van der Waals surface area contributed by atoms with Crippen LogP contribution in [0.3, 0.4) is 0 Å². The smallest absolute Gasteiger partial charge is 0.330 e. The Kier molecular flexibility index (Phi) is 8.57. The van der Waals surface area contributed by atoms with Gasteiger partial charge in [0.25, 0.3) is 0 Å². The third kappa shape index (κ3) is 7.60. The van der Waals surface area contributed by atoms with Gasteiger partial charge >= 0.3 is 5.97 Å². The Bertz CT molecular complexity index is 329. The molecule has 0 radical (unpaired) electrons. The van der Waals surface area contributed by atoms with Gasteiger partial charge in [-0.3, -0.25) is 0 Å². The van der Waals surface area contributed by atoms with Crippen LogP contribution in [0, 0.1) is 0 Å². The molecular formula is C16H28O5. The highest BCUT2D eigenvalue weighted by Crippen LogP contribution is 2.15. The van der Waals surface area contributed by atoms with E-state index in [9.17, 15) is 20.1 Å². The Labute approximate surface area is 126 Å². The Morgan fingerprint density at radius 3 is 2.10 bits per heavy atom. The van der Waals surface area contributed by atoms with Crippen molar-refractivity contribution in [1.82, 2.24) is 0 Å². The van der Waals surface area contributed by atoms with Gasteiger partial charge in [0, 0.05) is 6.08 Å². The highest BCUT2D eigenvalue weighted by Gasteiger charge is 2.18. The van der Waals surface area contributed by atoms with E-state index in [1.165, 1.54) is 6.08 Å². The van der Waals surface area contributed by atoms with Crippen molar-refractivity contribution in [2.24, 2.45) is 0 Å². The molecule has 122 valence electrons. The summed E-state index contributed by atoms with van der Waals surface area (Å²) in [6.07, 6.45) is 6.39. The van der Waals surface area contributed by atoms with Gasteiger partial charge in [0.05, 0.1) is 18.3 Å². The molecule has 0 saturated heterocycles. The number of carbonyl (C=O) groups is 1. The van der Waals surface area contributed by atoms with Gasteiger partial charge in [0.1, 0.15) is 6.10 Å². The SMILES string of the molecule is CC1OC(=O)C=CC(O)C(O)CCCCCCCCC1O. The molecule has 5 nitrogen and oxygen atoms in total. The zero-order valence-corrected chi connectivity index (χ0v) is 12.8. The minimum absolute atomic E-state index is 0.523. The molecule has 0 bridgehead atoms. The normalized spacial score (nSPS) is 34.4. The van der Waals surface area contributed by atoms with Gasteiger partial charge in [-0.1, -0.05) is 38.5 Å². The number of esters is 1. The fraction of sp³-hybridized carbons (Fsp3) is 0.812. The Morgan fingerprint density at radius 1 is 0.952 bits per heavy atom. The summed E-state index contributed by atoms with van der Waals surface area (Å²) in [6.45, 7) is 1.66. The fourth-order valence-corrected chi connectivity index (χ4v) is 2.43. The van der Waals surface area contributed by atoms with Crippen molar-refractivity contribution in [2.45, 2.75) is 82.7 Å². The molecule has 21 heavy (non-hydrogen) atoms. The Balaban J connectivity index is 2.58. The molecule has 0 fully saturated rings. The van der Waals surface area contributed by atoms with E-state index in [-0.39, 0.29) is 0 Å². The number of aliphatic hydroxyl groups excluding tert-OH is 3. The molecule has 5 heteroatoms. The molecule has 1 aliphatic heterocycles. The predicted molar refractivity (Wildman–Crippen MR) is 79.7 cm³/mol. The maximum absolute atomic E-state index is 11.6. The average molecular weight is 300 g/mol. The summed E-state index contributed by atoms with van der Waals surface area (Å²) in [5, 5.41) is 29.4. The van der Waals surface area contributed by atoms with Gasteiger partial charge in [0.15, 0.2) is 0 Å². The van der Waals surface area contributed by atoms with Crippen molar-refractivity contribution >= 4 is 5.97 Å². The number of hydrogen-bond acceptors (Lipinski definition) is 5. The molecule has 0 spiro atoms. The minimum atomic E-state index is -1.06. The summed E-state index contributed by atoms with van der Waals surface area (Å²) in [7, 11) is 0. The van der Waals surface area contributed by atoms with E-state index in [0.717, 1.165) is 44.6 Å². The lowest BCUT2D eigenvalue weighted by Crippen LogP contribution is -2.28. The second kappa shape index (κ2) is 9.92. The maximum Gasteiger partial charge on any atom is 0.330 e. The Morgan fingerprint density at radius 2 is 1.48 bits per heavy atom. The van der Waals surface area contributed by atoms with Crippen molar-refractivity contribution in [1.29, 1.82) is 0 Å². The molecule has 4 unspecified atom stereocenters. The molecule has 1 heterocycles. The lowest BCUT2D eigenvalue weighted by atomic mass is 10.0. The monoisotopic (exact) mass is 300 g/mol. The highest BCUT2D eigenvalue weighted by atomic mass is 16.6. The lowest BCUT2D eigenvalue weighted by Gasteiger charge is -2.19. The predicted octanol–water partition coefficient (Wildman–Crippen LogP) is 1.69. The molecule has 0 saturated carbocycles. The van der Waals surface area contributed by atoms with Crippen LogP contribution in [0.2, 0.25) is 0 Å². The largest absolute Gasteiger partial charge is 0.457 e. The van der Waals surface area contributed by atoms with E-state index in [2.05, 4.69) is 0 Å². The van der Waals surface area contributed by atoms with Crippen molar-refractivity contribution < 1.29 is 24.9 Å². The summed E-state index contributed by atoms with van der Waals surface area (Å²) in [5.41, 5.74) is 0. The summed E-state index contributed by atoms with van der Waals surface area (Å²) in [4.78, 5) is 11.6. The molecule has 0 aliphatic carbocycles. The molecule has 0 amide bonds. The van der Waals surface area contributed by atoms with Crippen molar-refractivity contribution in [3.8, 4) is 0 Å². The molecule has 0 aromatic carbocycles. The van der Waals surface area contributed by atoms with E-state index >= 15 is 0 Å². The molecule has 4 atom stereocenters. The van der Waals surface area contributed by atoms with Crippen LogP contribution < -0.4 is 0 Å². The van der Waals surface area contributed by atoms with Crippen LogP contribution in [0.15, 0.2) is 12.2 Å². The number of hydrogen-bond donors (Lipinski definition) is 3. The van der Waals surface area contributed by atoms with Crippen LogP contribution in [0.4, 0.5) is 0 Å². The number of aliphatic hydroxyl groups is 3. The van der Waals surface area contributed by atoms with Gasteiger partial charge in [-0.05, 0) is 25.8 Å². The average Bonchev–Trinajstić information content (AvgIpc) is 2.45. The summed E-state index contributed by atoms with van der Waals surface area (Å²) in [6, 6.07) is 0. The van der Waals surface area contributed by atoms with Crippen LogP contribution in [-0.2, 0) is 9.53 Å². The first-order valence-electron chi connectivity index (χ1n) is 7.93. The van der Waals surface area contributed by atoms with Crippen molar-refractivity contribution in [3.05, 3.63) is 12.2 Å². The van der Waals surface area contributed by atoms with Crippen LogP contribution in [0.25, 0.3) is 0 Å². The van der Waals surface area contributed by atoms with Gasteiger partial charge in [-0.2, -0.15) is 0 Å². The van der Waals surface area contributed by atoms with E-state index < -0.39 is 30.4 Å². The molecular weight excluding hydrogens is 272 g/mol. The number of cyclic esters (lactones) is 1. The van der Waals surface area contributed by atoms with Gasteiger partial charge < -0.3 is 20.1 Å². The van der Waals surface area contributed by atoms with E-state index in [1.807, 2.05) is 0 Å². The second-order valence-corrected chi connectivity index (χ2v) is 5.83. The first-order chi connectivity index (χ1) is 10.0. The second-order valence-electron chi connectivity index (χ2n) is 5.83. The minimum Gasteiger partial charge on any atom is -0.457 e. The molecule has 3 N–H and O–H groups in total. The van der Waals surface area contributed by atoms with Crippen molar-refractivity contribution in [3.63, 3.8) is 0 Å². The third-order valence-electron chi connectivity index (χ3n) is 3.92. The van der Waals surface area contributed by atoms with Crippen LogP contribution >= 0.6 is 0 Å². The molecule has 0 aromatic heterocycles. The standard InChI is InChI=1S/C16H28O5/c1-12-13(17)8-6-4-2-3-5-7-9-14(18)15(19)10-11-16(20)21-12/h10-15,17-19H,2-9H2,1H3. The van der Waals surface area contributed by atoms with Gasteiger partial charge in [-0.25, -0.2) is 4.79 Å².